The van der Waals surface area contributed by atoms with Crippen LogP contribution in [0.2, 0.25) is 0 Å². The first-order valence-corrected chi connectivity index (χ1v) is 6.23. The van der Waals surface area contributed by atoms with Crippen LogP contribution in [0.5, 0.6) is 0 Å². The summed E-state index contributed by atoms with van der Waals surface area (Å²) in [5.41, 5.74) is 8.65. The molecule has 4 N–H and O–H groups in total. The lowest BCUT2D eigenvalue weighted by Gasteiger charge is -2.11. The third-order valence-electron chi connectivity index (χ3n) is 2.61. The summed E-state index contributed by atoms with van der Waals surface area (Å²) in [5.74, 6) is 0. The van der Waals surface area contributed by atoms with Crippen molar-refractivity contribution in [2.24, 2.45) is 0 Å². The Morgan fingerprint density at radius 3 is 2.47 bits per heavy atom. The number of benzene rings is 2. The largest absolute Gasteiger partial charge is 0.397 e. The zero-order valence-electron chi connectivity index (χ0n) is 10.5. The van der Waals surface area contributed by atoms with Crippen molar-refractivity contribution < 1.29 is 4.79 Å². The van der Waals surface area contributed by atoms with Gasteiger partial charge in [0.15, 0.2) is 0 Å². The predicted molar refractivity (Wildman–Crippen MR) is 81.9 cm³/mol. The minimum Gasteiger partial charge on any atom is -0.397 e. The lowest BCUT2D eigenvalue weighted by atomic mass is 10.2. The minimum absolute atomic E-state index is 0.350. The van der Waals surface area contributed by atoms with Crippen LogP contribution in [-0.2, 0) is 0 Å². The summed E-state index contributed by atoms with van der Waals surface area (Å²) in [6.07, 6.45) is 0. The van der Waals surface area contributed by atoms with Gasteiger partial charge in [-0.15, -0.1) is 12.6 Å². The molecule has 0 aliphatic carbocycles. The first kappa shape index (κ1) is 13.3. The number of rotatable bonds is 2. The molecule has 0 fully saturated rings. The van der Waals surface area contributed by atoms with Crippen LogP contribution < -0.4 is 16.4 Å². The van der Waals surface area contributed by atoms with Crippen LogP contribution in [-0.4, -0.2) is 6.03 Å². The molecule has 0 aliphatic heterocycles. The Bertz CT molecular complexity index is 613. The Morgan fingerprint density at radius 2 is 1.79 bits per heavy atom. The first-order chi connectivity index (χ1) is 9.06. The highest BCUT2D eigenvalue weighted by atomic mass is 32.1. The maximum atomic E-state index is 11.9. The molecule has 2 rings (SSSR count). The van der Waals surface area contributed by atoms with Gasteiger partial charge < -0.3 is 16.4 Å². The van der Waals surface area contributed by atoms with Gasteiger partial charge in [0.25, 0.3) is 0 Å². The van der Waals surface area contributed by atoms with Crippen LogP contribution in [0.25, 0.3) is 0 Å². The van der Waals surface area contributed by atoms with Gasteiger partial charge in [-0.1, -0.05) is 18.2 Å². The molecule has 0 aliphatic rings. The van der Waals surface area contributed by atoms with E-state index in [0.29, 0.717) is 22.0 Å². The topological polar surface area (TPSA) is 67.2 Å². The van der Waals surface area contributed by atoms with Gasteiger partial charge in [-0.05, 0) is 36.8 Å². The normalized spacial score (nSPS) is 10.0. The standard InChI is InChI=1S/C14H15N3OS/c1-9-6-7-11(10(15)8-9)16-14(18)17-12-4-2-3-5-13(12)19/h2-8,19H,15H2,1H3,(H2,16,17,18). The van der Waals surface area contributed by atoms with Crippen LogP contribution in [0.1, 0.15) is 5.56 Å². The summed E-state index contributed by atoms with van der Waals surface area (Å²) in [6.45, 7) is 1.94. The summed E-state index contributed by atoms with van der Waals surface area (Å²) in [4.78, 5) is 12.6. The molecule has 0 saturated heterocycles. The number of thiol groups is 1. The van der Waals surface area contributed by atoms with E-state index in [1.54, 1.807) is 18.2 Å². The minimum atomic E-state index is -0.350. The second kappa shape index (κ2) is 5.67. The number of carbonyl (C=O) groups excluding carboxylic acids is 1. The lowest BCUT2D eigenvalue weighted by molar-refractivity contribution is 0.262. The fourth-order valence-electron chi connectivity index (χ4n) is 1.65. The lowest BCUT2D eigenvalue weighted by Crippen LogP contribution is -2.20. The second-order valence-corrected chi connectivity index (χ2v) is 4.67. The van der Waals surface area contributed by atoms with E-state index in [1.807, 2.05) is 31.2 Å². The molecule has 19 heavy (non-hydrogen) atoms. The molecule has 4 nitrogen and oxygen atoms in total. The molecule has 2 amide bonds. The molecule has 98 valence electrons. The first-order valence-electron chi connectivity index (χ1n) is 5.78. The summed E-state index contributed by atoms with van der Waals surface area (Å²) >= 11 is 4.27. The SMILES string of the molecule is Cc1ccc(NC(=O)Nc2ccccc2S)c(N)c1. The van der Waals surface area contributed by atoms with Gasteiger partial charge in [0.2, 0.25) is 0 Å². The van der Waals surface area contributed by atoms with Crippen molar-refractivity contribution in [3.8, 4) is 0 Å². The highest BCUT2D eigenvalue weighted by Gasteiger charge is 2.06. The predicted octanol–water partition coefficient (Wildman–Crippen LogP) is 3.51. The third kappa shape index (κ3) is 3.42. The molecule has 0 atom stereocenters. The number of hydrogen-bond acceptors (Lipinski definition) is 3. The third-order valence-corrected chi connectivity index (χ3v) is 3.00. The van der Waals surface area contributed by atoms with Gasteiger partial charge in [-0.25, -0.2) is 4.79 Å². The molecule has 0 bridgehead atoms. The molecule has 0 heterocycles. The molecule has 2 aromatic carbocycles. The highest BCUT2D eigenvalue weighted by Crippen LogP contribution is 2.21. The average molecular weight is 273 g/mol. The zero-order chi connectivity index (χ0) is 13.8. The molecule has 0 unspecified atom stereocenters. The Balaban J connectivity index is 2.08. The van der Waals surface area contributed by atoms with Gasteiger partial charge in [-0.3, -0.25) is 0 Å². The molecule has 0 spiro atoms. The molecule has 0 saturated carbocycles. The van der Waals surface area contributed by atoms with Crippen molar-refractivity contribution in [1.82, 2.24) is 0 Å². The van der Waals surface area contributed by atoms with Gasteiger partial charge in [0.05, 0.1) is 17.1 Å². The number of nitrogens with two attached hydrogens (primary N) is 1. The van der Waals surface area contributed by atoms with Crippen LogP contribution in [0, 0.1) is 6.92 Å². The van der Waals surface area contributed by atoms with Gasteiger partial charge in [0.1, 0.15) is 0 Å². The van der Waals surface area contributed by atoms with Gasteiger partial charge in [0, 0.05) is 4.90 Å². The number of hydrogen-bond donors (Lipinski definition) is 4. The van der Waals surface area contributed by atoms with Crippen molar-refractivity contribution in [2.75, 3.05) is 16.4 Å². The zero-order valence-corrected chi connectivity index (χ0v) is 11.4. The smallest absolute Gasteiger partial charge is 0.323 e. The van der Waals surface area contributed by atoms with E-state index in [0.717, 1.165) is 5.56 Å². The summed E-state index contributed by atoms with van der Waals surface area (Å²) in [5, 5.41) is 5.42. The number of para-hydroxylation sites is 1. The number of urea groups is 1. The molecular weight excluding hydrogens is 258 g/mol. The summed E-state index contributed by atoms with van der Waals surface area (Å²) in [7, 11) is 0. The van der Waals surface area contributed by atoms with Crippen LogP contribution >= 0.6 is 12.6 Å². The number of nitrogen functional groups attached to an aromatic ring is 1. The Hall–Kier alpha value is -2.14. The molecule has 0 aromatic heterocycles. The van der Waals surface area contributed by atoms with E-state index < -0.39 is 0 Å². The number of nitrogens with one attached hydrogen (secondary N) is 2. The monoisotopic (exact) mass is 273 g/mol. The Kier molecular flexibility index (Phi) is 3.97. The molecule has 5 heteroatoms. The van der Waals surface area contributed by atoms with Crippen LogP contribution in [0.3, 0.4) is 0 Å². The fraction of sp³-hybridized carbons (Fsp3) is 0.0714. The summed E-state index contributed by atoms with van der Waals surface area (Å²) < 4.78 is 0. The van der Waals surface area contributed by atoms with Gasteiger partial charge >= 0.3 is 6.03 Å². The number of carbonyl (C=O) groups is 1. The van der Waals surface area contributed by atoms with E-state index in [9.17, 15) is 4.79 Å². The van der Waals surface area contributed by atoms with Crippen LogP contribution in [0.4, 0.5) is 21.9 Å². The van der Waals surface area contributed by atoms with E-state index in [1.165, 1.54) is 0 Å². The van der Waals surface area contributed by atoms with Crippen molar-refractivity contribution in [3.05, 3.63) is 48.0 Å². The maximum absolute atomic E-state index is 11.9. The van der Waals surface area contributed by atoms with Crippen molar-refractivity contribution in [3.63, 3.8) is 0 Å². The highest BCUT2D eigenvalue weighted by molar-refractivity contribution is 7.80. The van der Waals surface area contributed by atoms with Crippen LogP contribution in [0.15, 0.2) is 47.4 Å². The Labute approximate surface area is 117 Å². The molecule has 2 aromatic rings. The average Bonchev–Trinajstić information content (AvgIpc) is 2.36. The van der Waals surface area contributed by atoms with Crippen molar-refractivity contribution in [1.29, 1.82) is 0 Å². The van der Waals surface area contributed by atoms with E-state index in [-0.39, 0.29) is 6.03 Å². The van der Waals surface area contributed by atoms with Crippen molar-refractivity contribution in [2.45, 2.75) is 11.8 Å². The molecular formula is C14H15N3OS. The maximum Gasteiger partial charge on any atom is 0.323 e. The van der Waals surface area contributed by atoms with Crippen molar-refractivity contribution >= 4 is 35.7 Å². The van der Waals surface area contributed by atoms with Gasteiger partial charge in [-0.2, -0.15) is 0 Å². The Morgan fingerprint density at radius 1 is 1.11 bits per heavy atom. The number of aryl methyl sites for hydroxylation is 1. The quantitative estimate of drug-likeness (QED) is 0.499. The number of anilines is 3. The van der Waals surface area contributed by atoms with E-state index in [4.69, 9.17) is 5.73 Å². The molecule has 0 radical (unpaired) electrons. The van der Waals surface area contributed by atoms with E-state index >= 15 is 0 Å². The fourth-order valence-corrected chi connectivity index (χ4v) is 1.87. The number of amides is 2. The summed E-state index contributed by atoms with van der Waals surface area (Å²) in [6, 6.07) is 12.4. The second-order valence-electron chi connectivity index (χ2n) is 4.19. The van der Waals surface area contributed by atoms with E-state index in [2.05, 4.69) is 23.3 Å².